The van der Waals surface area contributed by atoms with E-state index in [9.17, 15) is 13.6 Å². The first kappa shape index (κ1) is 10.6. The Balaban J connectivity index is 2.26. The van der Waals surface area contributed by atoms with Crippen LogP contribution in [0, 0.1) is 5.92 Å². The Bertz CT molecular complexity index is 217. The van der Waals surface area contributed by atoms with Gasteiger partial charge in [-0.2, -0.15) is 8.78 Å². The number of amides is 1. The second-order valence-corrected chi connectivity index (χ2v) is 4.13. The van der Waals surface area contributed by atoms with Crippen molar-refractivity contribution in [2.24, 2.45) is 5.92 Å². The quantitative estimate of drug-likeness (QED) is 0.606. The minimum atomic E-state index is -3.01. The summed E-state index contributed by atoms with van der Waals surface area (Å²) in [5, 5.41) is 2.19. The molecule has 0 spiro atoms. The van der Waals surface area contributed by atoms with E-state index < -0.39 is 11.4 Å². The summed E-state index contributed by atoms with van der Waals surface area (Å²) in [7, 11) is 0. The van der Waals surface area contributed by atoms with Crippen LogP contribution in [0.5, 0.6) is 0 Å². The van der Waals surface area contributed by atoms with Crippen molar-refractivity contribution in [3.63, 3.8) is 0 Å². The highest BCUT2D eigenvalue weighted by Gasteiger charge is 2.26. The number of carbonyl (C=O) groups is 1. The molecule has 0 fully saturated rings. The van der Waals surface area contributed by atoms with Crippen molar-refractivity contribution in [2.75, 3.05) is 6.54 Å². The minimum Gasteiger partial charge on any atom is -0.349 e. The van der Waals surface area contributed by atoms with Gasteiger partial charge < -0.3 is 5.32 Å². The Morgan fingerprint density at radius 2 is 2.08 bits per heavy atom. The molecule has 1 N–H and O–H groups in total. The third-order valence-electron chi connectivity index (χ3n) is 1.84. The second kappa shape index (κ2) is 4.17. The van der Waals surface area contributed by atoms with Crippen LogP contribution >= 0.6 is 15.9 Å². The van der Waals surface area contributed by atoms with E-state index >= 15 is 0 Å². The Labute approximate surface area is 83.5 Å². The number of hydrogen-bond acceptors (Lipinski definition) is 1. The Hall–Kier alpha value is -0.450. The summed E-state index contributed by atoms with van der Waals surface area (Å²) in [5.41, 5.74) is 0. The molecule has 0 aromatic carbocycles. The first-order valence-electron chi connectivity index (χ1n) is 3.98. The van der Waals surface area contributed by atoms with Crippen molar-refractivity contribution in [1.82, 2.24) is 5.32 Å². The van der Waals surface area contributed by atoms with Crippen LogP contribution < -0.4 is 5.32 Å². The molecule has 0 aromatic heterocycles. The molecule has 0 unspecified atom stereocenters. The zero-order valence-corrected chi connectivity index (χ0v) is 8.48. The molecule has 0 radical (unpaired) electrons. The molecular weight excluding hydrogens is 244 g/mol. The van der Waals surface area contributed by atoms with Gasteiger partial charge in [0.2, 0.25) is 5.91 Å². The van der Waals surface area contributed by atoms with Crippen LogP contribution in [-0.2, 0) is 4.79 Å². The first-order chi connectivity index (χ1) is 5.99. The van der Waals surface area contributed by atoms with Crippen molar-refractivity contribution in [2.45, 2.75) is 17.7 Å². The molecule has 0 aliphatic heterocycles. The van der Waals surface area contributed by atoms with E-state index in [-0.39, 0.29) is 11.8 Å². The number of halogens is 3. The average molecular weight is 254 g/mol. The first-order valence-corrected chi connectivity index (χ1v) is 4.78. The molecule has 1 rings (SSSR count). The molecule has 0 saturated heterocycles. The molecule has 0 bridgehead atoms. The highest BCUT2D eigenvalue weighted by molar-refractivity contribution is 9.10. The van der Waals surface area contributed by atoms with Crippen LogP contribution in [0.3, 0.4) is 0 Å². The van der Waals surface area contributed by atoms with Gasteiger partial charge in [-0.3, -0.25) is 4.79 Å². The molecule has 1 aliphatic rings. The maximum absolute atomic E-state index is 12.3. The lowest BCUT2D eigenvalue weighted by Gasteiger charge is -2.12. The van der Waals surface area contributed by atoms with E-state index in [1.165, 1.54) is 0 Å². The molecule has 0 saturated carbocycles. The fraction of sp³-hybridized carbons (Fsp3) is 0.625. The molecule has 2 nitrogen and oxygen atoms in total. The topological polar surface area (TPSA) is 29.1 Å². The van der Waals surface area contributed by atoms with E-state index in [1.54, 1.807) is 0 Å². The Morgan fingerprint density at radius 3 is 2.54 bits per heavy atom. The fourth-order valence-corrected chi connectivity index (χ4v) is 1.30. The van der Waals surface area contributed by atoms with Gasteiger partial charge in [0.25, 0.3) is 0 Å². The molecule has 1 amide bonds. The van der Waals surface area contributed by atoms with Gasteiger partial charge in [0.1, 0.15) is 0 Å². The summed E-state index contributed by atoms with van der Waals surface area (Å²) in [4.78, 5) is 8.18. The molecule has 13 heavy (non-hydrogen) atoms. The molecule has 1 aliphatic carbocycles. The summed E-state index contributed by atoms with van der Waals surface area (Å²) >= 11 is 2.15. The van der Waals surface area contributed by atoms with Gasteiger partial charge in [-0.25, -0.2) is 0 Å². The van der Waals surface area contributed by atoms with E-state index in [2.05, 4.69) is 21.2 Å². The van der Waals surface area contributed by atoms with Crippen LogP contribution in [0.15, 0.2) is 12.2 Å². The number of alkyl halides is 3. The standard InChI is InChI=1S/C8H10BrF2NO/c9-8(10,11)5-12-7(13)6-3-1-2-4-6/h1-2,6H,3-5H2,(H,12,13). The van der Waals surface area contributed by atoms with Crippen molar-refractivity contribution in [1.29, 1.82) is 0 Å². The van der Waals surface area contributed by atoms with Crippen molar-refractivity contribution < 1.29 is 13.6 Å². The van der Waals surface area contributed by atoms with Gasteiger partial charge >= 0.3 is 4.83 Å². The lowest BCUT2D eigenvalue weighted by Crippen LogP contribution is -2.36. The van der Waals surface area contributed by atoms with Crippen LogP contribution in [-0.4, -0.2) is 17.3 Å². The number of hydrogen-bond donors (Lipinski definition) is 1. The summed E-state index contributed by atoms with van der Waals surface area (Å²) < 4.78 is 24.5. The zero-order chi connectivity index (χ0) is 9.90. The van der Waals surface area contributed by atoms with Gasteiger partial charge in [0, 0.05) is 5.92 Å². The largest absolute Gasteiger partial charge is 0.349 e. The van der Waals surface area contributed by atoms with Crippen molar-refractivity contribution >= 4 is 21.8 Å². The average Bonchev–Trinajstić information content (AvgIpc) is 2.50. The Morgan fingerprint density at radius 1 is 1.54 bits per heavy atom. The van der Waals surface area contributed by atoms with Gasteiger partial charge in [0.15, 0.2) is 0 Å². The summed E-state index contributed by atoms with van der Waals surface area (Å²) in [6.45, 7) is -0.650. The number of rotatable bonds is 3. The smallest absolute Gasteiger partial charge is 0.318 e. The molecule has 5 heteroatoms. The predicted molar refractivity (Wildman–Crippen MR) is 48.7 cm³/mol. The van der Waals surface area contributed by atoms with Gasteiger partial charge in [-0.1, -0.05) is 12.2 Å². The van der Waals surface area contributed by atoms with Gasteiger partial charge in [0.05, 0.1) is 6.54 Å². The summed E-state index contributed by atoms with van der Waals surface area (Å²) in [6.07, 6.45) is 5.08. The number of carbonyl (C=O) groups excluding carboxylic acids is 1. The molecule has 0 aromatic rings. The summed E-state index contributed by atoms with van der Waals surface area (Å²) in [5.74, 6) is -0.459. The van der Waals surface area contributed by atoms with E-state index in [0.29, 0.717) is 12.8 Å². The second-order valence-electron chi connectivity index (χ2n) is 2.97. The molecule has 0 heterocycles. The molecule has 74 valence electrons. The monoisotopic (exact) mass is 253 g/mol. The maximum atomic E-state index is 12.3. The molecule has 0 atom stereocenters. The minimum absolute atomic E-state index is 0.158. The lowest BCUT2D eigenvalue weighted by molar-refractivity contribution is -0.125. The SMILES string of the molecule is O=C(NCC(F)(F)Br)C1CC=CC1. The number of nitrogens with one attached hydrogen (secondary N) is 1. The zero-order valence-electron chi connectivity index (χ0n) is 6.90. The summed E-state index contributed by atoms with van der Waals surface area (Å²) in [6, 6.07) is 0. The lowest BCUT2D eigenvalue weighted by atomic mass is 10.1. The fourth-order valence-electron chi connectivity index (χ4n) is 1.16. The van der Waals surface area contributed by atoms with Crippen LogP contribution in [0.1, 0.15) is 12.8 Å². The van der Waals surface area contributed by atoms with E-state index in [1.807, 2.05) is 12.2 Å². The molecular formula is C8H10BrF2NO. The maximum Gasteiger partial charge on any atom is 0.318 e. The van der Waals surface area contributed by atoms with Crippen molar-refractivity contribution in [3.05, 3.63) is 12.2 Å². The third-order valence-corrected chi connectivity index (χ3v) is 2.12. The highest BCUT2D eigenvalue weighted by atomic mass is 79.9. The van der Waals surface area contributed by atoms with E-state index in [4.69, 9.17) is 0 Å². The van der Waals surface area contributed by atoms with Gasteiger partial charge in [-0.15, -0.1) is 0 Å². The normalized spacial score (nSPS) is 17.8. The van der Waals surface area contributed by atoms with Crippen molar-refractivity contribution in [3.8, 4) is 0 Å². The number of allylic oxidation sites excluding steroid dienone is 2. The highest BCUT2D eigenvalue weighted by Crippen LogP contribution is 2.21. The van der Waals surface area contributed by atoms with Crippen LogP contribution in [0.2, 0.25) is 0 Å². The van der Waals surface area contributed by atoms with Gasteiger partial charge in [-0.05, 0) is 28.8 Å². The van der Waals surface area contributed by atoms with Crippen LogP contribution in [0.4, 0.5) is 8.78 Å². The van der Waals surface area contributed by atoms with E-state index in [0.717, 1.165) is 0 Å². The van der Waals surface area contributed by atoms with Crippen LogP contribution in [0.25, 0.3) is 0 Å². The third kappa shape index (κ3) is 3.85. The predicted octanol–water partition coefficient (Wildman–Crippen LogP) is 2.06. The Kier molecular flexibility index (Phi) is 3.41.